The minimum atomic E-state index is -4.53. The molecule has 1 aromatic carbocycles. The fourth-order valence-corrected chi connectivity index (χ4v) is 2.77. The Kier molecular flexibility index (Phi) is 4.71. The van der Waals surface area contributed by atoms with Crippen molar-refractivity contribution in [1.29, 1.82) is 0 Å². The Morgan fingerprint density at radius 1 is 1.11 bits per heavy atom. The van der Waals surface area contributed by atoms with Crippen molar-refractivity contribution in [2.75, 3.05) is 5.75 Å². The van der Waals surface area contributed by atoms with Gasteiger partial charge in [0.15, 0.2) is 0 Å². The van der Waals surface area contributed by atoms with Gasteiger partial charge in [0.2, 0.25) is 0 Å². The molecule has 1 aromatic rings. The number of hydrogen-bond donors (Lipinski definition) is 0. The third-order valence-electron chi connectivity index (χ3n) is 2.08. The Labute approximate surface area is 106 Å². The van der Waals surface area contributed by atoms with Gasteiger partial charge in [-0.05, 0) is 30.7 Å². The number of hydrogen-bond acceptors (Lipinski definition) is 6. The average molecular weight is 293 g/mol. The van der Waals surface area contributed by atoms with Gasteiger partial charge >= 0.3 is 10.1 Å². The van der Waals surface area contributed by atoms with Crippen molar-refractivity contribution in [3.8, 4) is 5.75 Å². The summed E-state index contributed by atoms with van der Waals surface area (Å²) in [5.41, 5.74) is 0. The zero-order valence-corrected chi connectivity index (χ0v) is 11.3. The van der Waals surface area contributed by atoms with Crippen molar-refractivity contribution < 1.29 is 25.6 Å². The molecule has 0 aliphatic carbocycles. The molecule has 8 heteroatoms. The molecule has 0 N–H and O–H groups in total. The van der Waals surface area contributed by atoms with Crippen molar-refractivity contribution in [3.05, 3.63) is 24.3 Å². The minimum absolute atomic E-state index is 0.0153. The molecule has 0 fully saturated rings. The van der Waals surface area contributed by atoms with Gasteiger partial charge in [0, 0.05) is 0 Å². The van der Waals surface area contributed by atoms with Crippen LogP contribution in [-0.4, -0.2) is 27.1 Å². The highest BCUT2D eigenvalue weighted by Gasteiger charge is 2.12. The zero-order chi connectivity index (χ0) is 13.8. The maximum atomic E-state index is 11.4. The van der Waals surface area contributed by atoms with E-state index in [1.807, 2.05) is 6.92 Å². The van der Waals surface area contributed by atoms with Crippen LogP contribution in [0.4, 0.5) is 0 Å². The largest absolute Gasteiger partial charge is 0.744 e. The molecule has 0 saturated carbocycles. The summed E-state index contributed by atoms with van der Waals surface area (Å²) in [7, 11) is -8.21. The van der Waals surface area contributed by atoms with Crippen LogP contribution in [0, 0.1) is 0 Å². The minimum Gasteiger partial charge on any atom is -0.744 e. The van der Waals surface area contributed by atoms with Crippen LogP contribution in [0.25, 0.3) is 0 Å². The molecule has 1 rings (SSSR count). The summed E-state index contributed by atoms with van der Waals surface area (Å²) in [4.78, 5) is -0.430. The Morgan fingerprint density at radius 3 is 2.11 bits per heavy atom. The van der Waals surface area contributed by atoms with Crippen LogP contribution >= 0.6 is 0 Å². The van der Waals surface area contributed by atoms with Gasteiger partial charge in [0.05, 0.1) is 10.6 Å². The van der Waals surface area contributed by atoms with Crippen molar-refractivity contribution in [2.24, 2.45) is 0 Å². The maximum Gasteiger partial charge on any atom is 0.309 e. The van der Waals surface area contributed by atoms with Gasteiger partial charge in [-0.25, -0.2) is 8.42 Å². The molecule has 0 aliphatic heterocycles. The van der Waals surface area contributed by atoms with Crippen molar-refractivity contribution in [3.63, 3.8) is 0 Å². The maximum absolute atomic E-state index is 11.4. The van der Waals surface area contributed by atoms with E-state index in [2.05, 4.69) is 0 Å². The van der Waals surface area contributed by atoms with Crippen molar-refractivity contribution in [2.45, 2.75) is 24.7 Å². The SMILES string of the molecule is CCCCS(=O)(=O)Oc1ccc(S(=O)(=O)[O-])cc1. The van der Waals surface area contributed by atoms with Crippen LogP contribution in [0.5, 0.6) is 5.75 Å². The van der Waals surface area contributed by atoms with Crippen molar-refractivity contribution in [1.82, 2.24) is 0 Å². The Bertz CT molecular complexity index is 586. The van der Waals surface area contributed by atoms with E-state index in [-0.39, 0.29) is 11.5 Å². The molecule has 0 amide bonds. The zero-order valence-electron chi connectivity index (χ0n) is 9.70. The second kappa shape index (κ2) is 5.68. The third kappa shape index (κ3) is 4.63. The first-order chi connectivity index (χ1) is 8.24. The van der Waals surface area contributed by atoms with E-state index in [4.69, 9.17) is 4.18 Å². The highest BCUT2D eigenvalue weighted by atomic mass is 32.2. The predicted molar refractivity (Wildman–Crippen MR) is 63.7 cm³/mol. The average Bonchev–Trinajstić information content (AvgIpc) is 2.25. The van der Waals surface area contributed by atoms with E-state index in [1.165, 1.54) is 0 Å². The van der Waals surface area contributed by atoms with Crippen LogP contribution in [0.2, 0.25) is 0 Å². The number of unbranched alkanes of at least 4 members (excludes halogenated alkanes) is 1. The van der Waals surface area contributed by atoms with Gasteiger partial charge in [0.1, 0.15) is 15.9 Å². The van der Waals surface area contributed by atoms with Gasteiger partial charge < -0.3 is 8.74 Å². The summed E-state index contributed by atoms with van der Waals surface area (Å²) < 4.78 is 59.6. The molecule has 0 bridgehead atoms. The highest BCUT2D eigenvalue weighted by Crippen LogP contribution is 2.17. The number of rotatable bonds is 6. The molecule has 102 valence electrons. The first-order valence-electron chi connectivity index (χ1n) is 5.23. The van der Waals surface area contributed by atoms with E-state index in [0.29, 0.717) is 6.42 Å². The number of benzene rings is 1. The topological polar surface area (TPSA) is 101 Å². The fraction of sp³-hybridized carbons (Fsp3) is 0.400. The van der Waals surface area contributed by atoms with Crippen LogP contribution in [0.15, 0.2) is 29.2 Å². The van der Waals surface area contributed by atoms with Crippen LogP contribution in [-0.2, 0) is 20.2 Å². The van der Waals surface area contributed by atoms with Crippen LogP contribution < -0.4 is 4.18 Å². The lowest BCUT2D eigenvalue weighted by Crippen LogP contribution is -2.13. The molecular formula is C10H13O6S2-. The molecule has 0 radical (unpaired) electrons. The lowest BCUT2D eigenvalue weighted by molar-refractivity contribution is 0.463. The normalized spacial score (nSPS) is 12.3. The summed E-state index contributed by atoms with van der Waals surface area (Å²) in [5.74, 6) is -0.121. The molecule has 18 heavy (non-hydrogen) atoms. The summed E-state index contributed by atoms with van der Waals surface area (Å²) in [5, 5.41) is 0. The van der Waals surface area contributed by atoms with Gasteiger partial charge in [-0.1, -0.05) is 13.3 Å². The molecule has 0 saturated heterocycles. The van der Waals surface area contributed by atoms with Crippen molar-refractivity contribution >= 4 is 20.2 Å². The first-order valence-corrected chi connectivity index (χ1v) is 8.21. The lowest BCUT2D eigenvalue weighted by atomic mass is 10.3. The van der Waals surface area contributed by atoms with E-state index in [9.17, 15) is 21.4 Å². The van der Waals surface area contributed by atoms with Crippen LogP contribution in [0.1, 0.15) is 19.8 Å². The van der Waals surface area contributed by atoms with Gasteiger partial charge in [-0.3, -0.25) is 0 Å². The van der Waals surface area contributed by atoms with Gasteiger partial charge in [0.25, 0.3) is 0 Å². The van der Waals surface area contributed by atoms with E-state index >= 15 is 0 Å². The molecule has 0 spiro atoms. The molecule has 0 heterocycles. The van der Waals surface area contributed by atoms with E-state index < -0.39 is 25.1 Å². The summed E-state index contributed by atoms with van der Waals surface area (Å²) >= 11 is 0. The summed E-state index contributed by atoms with van der Waals surface area (Å²) in [6, 6.07) is 4.28. The molecule has 0 aromatic heterocycles. The highest BCUT2D eigenvalue weighted by molar-refractivity contribution is 7.87. The third-order valence-corrected chi connectivity index (χ3v) is 4.17. The lowest BCUT2D eigenvalue weighted by Gasteiger charge is -2.09. The van der Waals surface area contributed by atoms with E-state index in [1.54, 1.807) is 0 Å². The van der Waals surface area contributed by atoms with Gasteiger partial charge in [-0.2, -0.15) is 8.42 Å². The summed E-state index contributed by atoms with van der Waals surface area (Å²) in [6.07, 6.45) is 1.20. The quantitative estimate of drug-likeness (QED) is 0.575. The second-order valence-corrected chi connectivity index (χ2v) is 6.69. The standard InChI is InChI=1S/C10H14O6S2/c1-2-3-8-17(11,12)16-9-4-6-10(7-5-9)18(13,14)15/h4-7H,2-3,8H2,1H3,(H,13,14,15)/p-1. The monoisotopic (exact) mass is 293 g/mol. The molecule has 0 aliphatic rings. The molecule has 0 atom stereocenters. The molecule has 6 nitrogen and oxygen atoms in total. The summed E-state index contributed by atoms with van der Waals surface area (Å²) in [6.45, 7) is 1.85. The Balaban J connectivity index is 2.82. The van der Waals surface area contributed by atoms with E-state index in [0.717, 1.165) is 30.7 Å². The predicted octanol–water partition coefficient (Wildman–Crippen LogP) is 1.10. The smallest absolute Gasteiger partial charge is 0.309 e. The Hall–Kier alpha value is -1.12. The Morgan fingerprint density at radius 2 is 1.67 bits per heavy atom. The first kappa shape index (κ1) is 14.9. The fourth-order valence-electron chi connectivity index (χ4n) is 1.17. The van der Waals surface area contributed by atoms with Crippen LogP contribution in [0.3, 0.4) is 0 Å². The second-order valence-electron chi connectivity index (χ2n) is 3.62. The van der Waals surface area contributed by atoms with Gasteiger partial charge in [-0.15, -0.1) is 0 Å². The molecule has 0 unspecified atom stereocenters. The molecular weight excluding hydrogens is 280 g/mol.